The second-order valence-electron chi connectivity index (χ2n) is 4.79. The van der Waals surface area contributed by atoms with Gasteiger partial charge in [0, 0.05) is 43.8 Å². The van der Waals surface area contributed by atoms with Crippen molar-refractivity contribution in [1.82, 2.24) is 14.5 Å². The van der Waals surface area contributed by atoms with E-state index in [0.717, 1.165) is 32.8 Å². The van der Waals surface area contributed by atoms with Gasteiger partial charge in [0.1, 0.15) is 12.4 Å². The predicted molar refractivity (Wildman–Crippen MR) is 80.5 cm³/mol. The summed E-state index contributed by atoms with van der Waals surface area (Å²) in [6.07, 6.45) is 6.76. The summed E-state index contributed by atoms with van der Waals surface area (Å²) in [5.74, 6) is 0.342. The molecule has 0 aromatic carbocycles. The highest BCUT2D eigenvalue weighted by Crippen LogP contribution is 2.07. The molecule has 0 unspecified atom stereocenters. The Kier molecular flexibility index (Phi) is 5.71. The molecule has 2 heterocycles. The van der Waals surface area contributed by atoms with Crippen LogP contribution in [0.25, 0.3) is 12.3 Å². The molecule has 6 nitrogen and oxygen atoms in total. The van der Waals surface area contributed by atoms with Gasteiger partial charge in [-0.15, -0.1) is 0 Å². The molecule has 0 aliphatic carbocycles. The maximum Gasteiger partial charge on any atom is 0.333 e. The maximum atomic E-state index is 11.9. The van der Waals surface area contributed by atoms with Gasteiger partial charge in [-0.1, -0.05) is 6.58 Å². The van der Waals surface area contributed by atoms with Gasteiger partial charge in [-0.05, 0) is 13.0 Å². The largest absolute Gasteiger partial charge is 0.461 e. The minimum absolute atomic E-state index is 0.318. The molecule has 0 spiro atoms. The summed E-state index contributed by atoms with van der Waals surface area (Å²) < 4.78 is 12.3. The summed E-state index contributed by atoms with van der Waals surface area (Å²) in [6.45, 7) is 9.81. The van der Waals surface area contributed by atoms with E-state index in [1.54, 1.807) is 36.2 Å². The minimum atomic E-state index is -0.318. The van der Waals surface area contributed by atoms with Crippen LogP contribution in [0.1, 0.15) is 12.7 Å². The molecule has 6 heteroatoms. The molecule has 1 aliphatic rings. The molecule has 114 valence electrons. The SMILES string of the molecule is C=Cn1ccnc1C=C(C)C(=O)OCCN1CCOCC1. The van der Waals surface area contributed by atoms with Gasteiger partial charge in [-0.2, -0.15) is 0 Å². The minimum Gasteiger partial charge on any atom is -0.461 e. The van der Waals surface area contributed by atoms with Crippen molar-refractivity contribution in [1.29, 1.82) is 0 Å². The van der Waals surface area contributed by atoms with Crippen LogP contribution in [-0.4, -0.2) is 59.9 Å². The Morgan fingerprint density at radius 3 is 3.00 bits per heavy atom. The Morgan fingerprint density at radius 1 is 1.52 bits per heavy atom. The van der Waals surface area contributed by atoms with Crippen molar-refractivity contribution < 1.29 is 14.3 Å². The molecule has 0 N–H and O–H groups in total. The molecule has 1 aromatic heterocycles. The highest BCUT2D eigenvalue weighted by atomic mass is 16.5. The first kappa shape index (κ1) is 15.5. The van der Waals surface area contributed by atoms with Crippen LogP contribution in [0, 0.1) is 0 Å². The number of imidazole rings is 1. The van der Waals surface area contributed by atoms with Crippen molar-refractivity contribution in [2.75, 3.05) is 39.5 Å². The summed E-state index contributed by atoms with van der Waals surface area (Å²) in [4.78, 5) is 18.3. The quantitative estimate of drug-likeness (QED) is 0.583. The van der Waals surface area contributed by atoms with Crippen molar-refractivity contribution in [3.63, 3.8) is 0 Å². The Labute approximate surface area is 124 Å². The average Bonchev–Trinajstić information content (AvgIpc) is 2.95. The van der Waals surface area contributed by atoms with Crippen LogP contribution in [0.4, 0.5) is 0 Å². The fourth-order valence-corrected chi connectivity index (χ4v) is 2.05. The van der Waals surface area contributed by atoms with E-state index in [-0.39, 0.29) is 5.97 Å². The zero-order valence-electron chi connectivity index (χ0n) is 12.3. The van der Waals surface area contributed by atoms with Crippen LogP contribution in [0.5, 0.6) is 0 Å². The molecule has 0 atom stereocenters. The van der Waals surface area contributed by atoms with E-state index in [4.69, 9.17) is 9.47 Å². The second-order valence-corrected chi connectivity index (χ2v) is 4.79. The van der Waals surface area contributed by atoms with E-state index in [0.29, 0.717) is 18.0 Å². The van der Waals surface area contributed by atoms with Crippen molar-refractivity contribution in [2.45, 2.75) is 6.92 Å². The monoisotopic (exact) mass is 291 g/mol. The Morgan fingerprint density at radius 2 is 2.29 bits per heavy atom. The number of rotatable bonds is 6. The summed E-state index contributed by atoms with van der Waals surface area (Å²) in [6, 6.07) is 0. The first-order valence-electron chi connectivity index (χ1n) is 7.01. The van der Waals surface area contributed by atoms with E-state index >= 15 is 0 Å². The molecule has 1 saturated heterocycles. The van der Waals surface area contributed by atoms with Gasteiger partial charge in [-0.3, -0.25) is 4.90 Å². The third kappa shape index (κ3) is 4.54. The number of ether oxygens (including phenoxy) is 2. The van der Waals surface area contributed by atoms with Crippen LogP contribution < -0.4 is 0 Å². The molecule has 1 aromatic rings. The molecular weight excluding hydrogens is 270 g/mol. The molecular formula is C15H21N3O3. The van der Waals surface area contributed by atoms with Gasteiger partial charge in [0.05, 0.1) is 13.2 Å². The lowest BCUT2D eigenvalue weighted by atomic mass is 10.3. The molecule has 0 saturated carbocycles. The summed E-state index contributed by atoms with van der Waals surface area (Å²) in [5, 5.41) is 0. The zero-order valence-corrected chi connectivity index (χ0v) is 12.3. The first-order valence-corrected chi connectivity index (χ1v) is 7.01. The topological polar surface area (TPSA) is 56.6 Å². The molecule has 0 bridgehead atoms. The Balaban J connectivity index is 1.80. The second kappa shape index (κ2) is 7.75. The van der Waals surface area contributed by atoms with E-state index in [1.807, 2.05) is 0 Å². The van der Waals surface area contributed by atoms with E-state index in [2.05, 4.69) is 16.5 Å². The summed E-state index contributed by atoms with van der Waals surface area (Å²) in [7, 11) is 0. The normalized spacial score (nSPS) is 16.7. The Bertz CT molecular complexity index is 516. The third-order valence-electron chi connectivity index (χ3n) is 3.31. The van der Waals surface area contributed by atoms with Gasteiger partial charge in [0.25, 0.3) is 0 Å². The number of nitrogens with zero attached hydrogens (tertiary/aromatic N) is 3. The smallest absolute Gasteiger partial charge is 0.333 e. The molecule has 1 fully saturated rings. The van der Waals surface area contributed by atoms with Crippen molar-refractivity contribution >= 4 is 18.2 Å². The lowest BCUT2D eigenvalue weighted by Gasteiger charge is -2.26. The van der Waals surface area contributed by atoms with Crippen LogP contribution in [-0.2, 0) is 14.3 Å². The highest BCUT2D eigenvalue weighted by Gasteiger charge is 2.12. The third-order valence-corrected chi connectivity index (χ3v) is 3.31. The fourth-order valence-electron chi connectivity index (χ4n) is 2.05. The van der Waals surface area contributed by atoms with Gasteiger partial charge < -0.3 is 14.0 Å². The lowest BCUT2D eigenvalue weighted by Crippen LogP contribution is -2.38. The van der Waals surface area contributed by atoms with Gasteiger partial charge in [-0.25, -0.2) is 9.78 Å². The summed E-state index contributed by atoms with van der Waals surface area (Å²) in [5.41, 5.74) is 0.520. The summed E-state index contributed by atoms with van der Waals surface area (Å²) >= 11 is 0. The van der Waals surface area contributed by atoms with Crippen LogP contribution in [0.3, 0.4) is 0 Å². The molecule has 1 aliphatic heterocycles. The van der Waals surface area contributed by atoms with E-state index < -0.39 is 0 Å². The number of carbonyl (C=O) groups is 1. The van der Waals surface area contributed by atoms with Crippen molar-refractivity contribution in [2.24, 2.45) is 0 Å². The number of morpholine rings is 1. The van der Waals surface area contributed by atoms with E-state index in [1.165, 1.54) is 0 Å². The standard InChI is InChI=1S/C15H21N3O3/c1-3-18-5-4-16-14(18)12-13(2)15(19)21-11-8-17-6-9-20-10-7-17/h3-5,12H,1,6-11H2,2H3. The lowest BCUT2D eigenvalue weighted by molar-refractivity contribution is -0.139. The van der Waals surface area contributed by atoms with Crippen LogP contribution in [0.15, 0.2) is 24.5 Å². The van der Waals surface area contributed by atoms with Crippen molar-refractivity contribution in [3.8, 4) is 0 Å². The number of aromatic nitrogens is 2. The van der Waals surface area contributed by atoms with Gasteiger partial charge in [0.15, 0.2) is 0 Å². The number of esters is 1. The zero-order chi connectivity index (χ0) is 15.1. The van der Waals surface area contributed by atoms with Gasteiger partial charge >= 0.3 is 5.97 Å². The Hall–Kier alpha value is -1.92. The first-order chi connectivity index (χ1) is 10.2. The maximum absolute atomic E-state index is 11.9. The molecule has 0 radical (unpaired) electrons. The van der Waals surface area contributed by atoms with Crippen molar-refractivity contribution in [3.05, 3.63) is 30.4 Å². The number of hydrogen-bond donors (Lipinski definition) is 0. The molecule has 0 amide bonds. The van der Waals surface area contributed by atoms with Gasteiger partial charge in [0.2, 0.25) is 0 Å². The molecule has 2 rings (SSSR count). The van der Waals surface area contributed by atoms with E-state index in [9.17, 15) is 4.79 Å². The predicted octanol–water partition coefficient (Wildman–Crippen LogP) is 1.26. The average molecular weight is 291 g/mol. The fraction of sp³-hybridized carbons (Fsp3) is 0.467. The number of carbonyl (C=O) groups excluding carboxylic acids is 1. The highest BCUT2D eigenvalue weighted by molar-refractivity contribution is 5.92. The molecule has 21 heavy (non-hydrogen) atoms. The number of hydrogen-bond acceptors (Lipinski definition) is 5. The van der Waals surface area contributed by atoms with Crippen LogP contribution >= 0.6 is 0 Å². The van der Waals surface area contributed by atoms with Crippen LogP contribution in [0.2, 0.25) is 0 Å².